The van der Waals surface area contributed by atoms with E-state index in [4.69, 9.17) is 4.74 Å². The average Bonchev–Trinajstić information content (AvgIpc) is 2.77. The Hall–Kier alpha value is -3.93. The fraction of sp³-hybridized carbons (Fsp3) is 0.0870. The Labute approximate surface area is 167 Å². The summed E-state index contributed by atoms with van der Waals surface area (Å²) < 4.78 is 7.10. The van der Waals surface area contributed by atoms with E-state index in [0.29, 0.717) is 27.6 Å². The van der Waals surface area contributed by atoms with E-state index < -0.39 is 0 Å². The summed E-state index contributed by atoms with van der Waals surface area (Å²) >= 11 is 0. The normalized spacial score (nSPS) is 11.2. The number of amides is 1. The zero-order chi connectivity index (χ0) is 20.2. The lowest BCUT2D eigenvalue weighted by Crippen LogP contribution is -2.25. The zero-order valence-corrected chi connectivity index (χ0v) is 15.8. The first-order valence-electron chi connectivity index (χ1n) is 9.14. The monoisotopic (exact) mass is 385 g/mol. The molecule has 4 aromatic rings. The molecule has 0 saturated carbocycles. The summed E-state index contributed by atoms with van der Waals surface area (Å²) in [4.78, 5) is 25.3. The van der Waals surface area contributed by atoms with Crippen LogP contribution in [0, 0.1) is 0 Å². The van der Waals surface area contributed by atoms with Gasteiger partial charge in [0.25, 0.3) is 5.91 Å². The molecule has 0 aliphatic carbocycles. The summed E-state index contributed by atoms with van der Waals surface area (Å²) in [5, 5.41) is 5.20. The number of nitrogens with one attached hydrogen (secondary N) is 1. The van der Waals surface area contributed by atoms with Gasteiger partial charge in [-0.05, 0) is 36.4 Å². The third kappa shape index (κ3) is 3.60. The second-order valence-corrected chi connectivity index (χ2v) is 6.48. The van der Waals surface area contributed by atoms with Crippen molar-refractivity contribution in [2.45, 2.75) is 6.54 Å². The Kier molecular flexibility index (Phi) is 5.07. The molecule has 4 rings (SSSR count). The van der Waals surface area contributed by atoms with Gasteiger partial charge in [-0.3, -0.25) is 9.59 Å². The summed E-state index contributed by atoms with van der Waals surface area (Å²) in [5.41, 5.74) is 4.69. The second kappa shape index (κ2) is 7.98. The van der Waals surface area contributed by atoms with Gasteiger partial charge in [0.15, 0.2) is 5.43 Å². The minimum Gasteiger partial charge on any atom is -0.496 e. The lowest BCUT2D eigenvalue weighted by Gasteiger charge is -2.14. The maximum atomic E-state index is 12.8. The Balaban J connectivity index is 1.65. The number of benzene rings is 3. The number of para-hydroxylation sites is 3. The number of methoxy groups -OCH3 is 1. The van der Waals surface area contributed by atoms with Crippen LogP contribution in [0.3, 0.4) is 0 Å². The van der Waals surface area contributed by atoms with E-state index >= 15 is 0 Å². The van der Waals surface area contributed by atoms with Crippen molar-refractivity contribution in [2.75, 3.05) is 7.11 Å². The number of pyridine rings is 1. The second-order valence-electron chi connectivity index (χ2n) is 6.48. The standard InChI is InChI=1S/C23H19N3O3/c1-29-21-13-7-2-8-16(21)14-24-25-22(27)15-26-19-11-5-3-9-17(19)23(28)18-10-4-6-12-20(18)26/h2-14H,15H2,1H3,(H,25,27)/b24-14-. The first-order valence-corrected chi connectivity index (χ1v) is 9.14. The summed E-state index contributed by atoms with van der Waals surface area (Å²) in [6, 6.07) is 22.0. The van der Waals surface area contributed by atoms with Crippen LogP contribution in [0.2, 0.25) is 0 Å². The molecule has 6 nitrogen and oxygen atoms in total. The van der Waals surface area contributed by atoms with Crippen molar-refractivity contribution in [3.63, 3.8) is 0 Å². The van der Waals surface area contributed by atoms with Crippen LogP contribution >= 0.6 is 0 Å². The molecule has 29 heavy (non-hydrogen) atoms. The van der Waals surface area contributed by atoms with Gasteiger partial charge in [0, 0.05) is 16.3 Å². The van der Waals surface area contributed by atoms with E-state index in [1.165, 1.54) is 0 Å². The van der Waals surface area contributed by atoms with E-state index in [1.807, 2.05) is 65.2 Å². The summed E-state index contributed by atoms with van der Waals surface area (Å²) in [6.07, 6.45) is 1.54. The van der Waals surface area contributed by atoms with Crippen LogP contribution in [-0.2, 0) is 11.3 Å². The maximum Gasteiger partial charge on any atom is 0.260 e. The molecule has 0 radical (unpaired) electrons. The maximum absolute atomic E-state index is 12.8. The number of hydrazone groups is 1. The number of ether oxygens (including phenoxy) is 1. The van der Waals surface area contributed by atoms with E-state index in [2.05, 4.69) is 10.5 Å². The molecule has 1 amide bonds. The third-order valence-corrected chi connectivity index (χ3v) is 4.71. The molecular formula is C23H19N3O3. The van der Waals surface area contributed by atoms with Crippen molar-refractivity contribution in [2.24, 2.45) is 5.10 Å². The van der Waals surface area contributed by atoms with Gasteiger partial charge < -0.3 is 9.30 Å². The topological polar surface area (TPSA) is 72.7 Å². The Bertz CT molecular complexity index is 1230. The summed E-state index contributed by atoms with van der Waals surface area (Å²) in [7, 11) is 1.58. The number of fused-ring (bicyclic) bond motifs is 2. The molecule has 0 spiro atoms. The largest absolute Gasteiger partial charge is 0.496 e. The van der Waals surface area contributed by atoms with Gasteiger partial charge in [-0.2, -0.15) is 5.10 Å². The van der Waals surface area contributed by atoms with Gasteiger partial charge >= 0.3 is 0 Å². The van der Waals surface area contributed by atoms with Crippen LogP contribution in [0.1, 0.15) is 5.56 Å². The van der Waals surface area contributed by atoms with Gasteiger partial charge in [0.2, 0.25) is 0 Å². The van der Waals surface area contributed by atoms with Crippen LogP contribution in [0.4, 0.5) is 0 Å². The number of rotatable bonds is 5. The minimum atomic E-state index is -0.296. The van der Waals surface area contributed by atoms with Crippen LogP contribution in [0.5, 0.6) is 5.75 Å². The number of nitrogens with zero attached hydrogens (tertiary/aromatic N) is 2. The average molecular weight is 385 g/mol. The fourth-order valence-electron chi connectivity index (χ4n) is 3.37. The number of carbonyl (C=O) groups excluding carboxylic acids is 1. The highest BCUT2D eigenvalue weighted by Gasteiger charge is 2.12. The van der Waals surface area contributed by atoms with E-state index in [-0.39, 0.29) is 17.9 Å². The predicted molar refractivity (Wildman–Crippen MR) is 114 cm³/mol. The third-order valence-electron chi connectivity index (χ3n) is 4.71. The predicted octanol–water partition coefficient (Wildman–Crippen LogP) is 3.31. The summed E-state index contributed by atoms with van der Waals surface area (Å²) in [5.74, 6) is 0.373. The Morgan fingerprint density at radius 1 is 0.966 bits per heavy atom. The molecule has 0 saturated heterocycles. The lowest BCUT2D eigenvalue weighted by molar-refractivity contribution is -0.121. The van der Waals surface area contributed by atoms with Crippen molar-refractivity contribution in [1.82, 2.24) is 9.99 Å². The minimum absolute atomic E-state index is 0.0323. The van der Waals surface area contributed by atoms with Crippen molar-refractivity contribution in [1.29, 1.82) is 0 Å². The number of aromatic nitrogens is 1. The highest BCUT2D eigenvalue weighted by molar-refractivity contribution is 5.95. The van der Waals surface area contributed by atoms with Crippen LogP contribution < -0.4 is 15.6 Å². The van der Waals surface area contributed by atoms with Crippen LogP contribution in [0.25, 0.3) is 21.8 Å². The fourth-order valence-corrected chi connectivity index (χ4v) is 3.37. The lowest BCUT2D eigenvalue weighted by atomic mass is 10.1. The first-order chi connectivity index (χ1) is 14.2. The van der Waals surface area contributed by atoms with Crippen molar-refractivity contribution in [3.05, 3.63) is 88.6 Å². The van der Waals surface area contributed by atoms with Crippen molar-refractivity contribution < 1.29 is 9.53 Å². The first kappa shape index (κ1) is 18.4. The molecular weight excluding hydrogens is 366 g/mol. The number of carbonyl (C=O) groups is 1. The van der Waals surface area contributed by atoms with Crippen LogP contribution in [-0.4, -0.2) is 23.8 Å². The molecule has 3 aromatic carbocycles. The molecule has 144 valence electrons. The number of hydrogen-bond acceptors (Lipinski definition) is 4. The van der Waals surface area contributed by atoms with E-state index in [0.717, 1.165) is 5.56 Å². The quantitative estimate of drug-likeness (QED) is 0.325. The van der Waals surface area contributed by atoms with Crippen molar-refractivity contribution >= 4 is 33.9 Å². The van der Waals surface area contributed by atoms with Gasteiger partial charge in [0.05, 0.1) is 24.4 Å². The Morgan fingerprint density at radius 2 is 1.55 bits per heavy atom. The van der Waals surface area contributed by atoms with Crippen molar-refractivity contribution in [3.8, 4) is 5.75 Å². The van der Waals surface area contributed by atoms with Crippen LogP contribution in [0.15, 0.2) is 82.7 Å². The molecule has 0 atom stereocenters. The van der Waals surface area contributed by atoms with Gasteiger partial charge in [0.1, 0.15) is 12.3 Å². The molecule has 1 aromatic heterocycles. The number of hydrogen-bond donors (Lipinski definition) is 1. The molecule has 0 aliphatic heterocycles. The van der Waals surface area contributed by atoms with Gasteiger partial charge in [-0.15, -0.1) is 0 Å². The Morgan fingerprint density at radius 3 is 2.21 bits per heavy atom. The molecule has 0 aliphatic rings. The highest BCUT2D eigenvalue weighted by atomic mass is 16.5. The SMILES string of the molecule is COc1ccccc1/C=N\NC(=O)Cn1c2ccccc2c(=O)c2ccccc21. The molecule has 1 N–H and O–H groups in total. The van der Waals surface area contributed by atoms with E-state index in [1.54, 1.807) is 25.5 Å². The molecule has 1 heterocycles. The zero-order valence-electron chi connectivity index (χ0n) is 15.8. The molecule has 0 fully saturated rings. The molecule has 6 heteroatoms. The van der Waals surface area contributed by atoms with E-state index in [9.17, 15) is 9.59 Å². The smallest absolute Gasteiger partial charge is 0.260 e. The van der Waals surface area contributed by atoms with Gasteiger partial charge in [-0.25, -0.2) is 5.43 Å². The molecule has 0 bridgehead atoms. The highest BCUT2D eigenvalue weighted by Crippen LogP contribution is 2.19. The van der Waals surface area contributed by atoms with Gasteiger partial charge in [-0.1, -0.05) is 36.4 Å². The summed E-state index contributed by atoms with van der Waals surface area (Å²) in [6.45, 7) is 0.0323. The molecule has 0 unspecified atom stereocenters.